The van der Waals surface area contributed by atoms with E-state index in [9.17, 15) is 4.79 Å². The van der Waals surface area contributed by atoms with Crippen molar-refractivity contribution in [1.29, 1.82) is 0 Å². The minimum Gasteiger partial charge on any atom is -1.00 e. The summed E-state index contributed by atoms with van der Waals surface area (Å²) in [6.07, 6.45) is 3.21. The molecule has 0 saturated heterocycles. The molecule has 0 aliphatic rings. The molecule has 0 aliphatic heterocycles. The number of benzene rings is 1. The molecule has 88 valence electrons. The first-order chi connectivity index (χ1) is 7.86. The Morgan fingerprint density at radius 1 is 1.06 bits per heavy atom. The predicted octanol–water partition coefficient (Wildman–Crippen LogP) is 0.540. The molecule has 0 unspecified atom stereocenters. The normalized spacial score (nSPS) is 9.41. The second-order valence-corrected chi connectivity index (χ2v) is 4.27. The SMILES string of the molecule is O=C(CSc1cc[o+]cc1)c1ccccc1.[Br-]. The number of hydrogen-bond donors (Lipinski definition) is 0. The maximum atomic E-state index is 11.8. The Morgan fingerprint density at radius 2 is 1.71 bits per heavy atom. The van der Waals surface area contributed by atoms with E-state index in [-0.39, 0.29) is 22.8 Å². The van der Waals surface area contributed by atoms with Gasteiger partial charge in [0.2, 0.25) is 0 Å². The van der Waals surface area contributed by atoms with Gasteiger partial charge in [-0.05, 0) is 0 Å². The molecule has 2 aromatic rings. The van der Waals surface area contributed by atoms with Crippen molar-refractivity contribution < 1.29 is 26.2 Å². The topological polar surface area (TPSA) is 28.4 Å². The molecule has 0 saturated carbocycles. The molecule has 0 amide bonds. The fraction of sp³-hybridized carbons (Fsp3) is 0.0769. The van der Waals surface area contributed by atoms with Crippen LogP contribution >= 0.6 is 11.8 Å². The van der Waals surface area contributed by atoms with E-state index in [0.29, 0.717) is 5.75 Å². The summed E-state index contributed by atoms with van der Waals surface area (Å²) in [4.78, 5) is 12.8. The highest BCUT2D eigenvalue weighted by Crippen LogP contribution is 2.18. The van der Waals surface area contributed by atoms with Crippen LogP contribution in [0.2, 0.25) is 0 Å². The molecule has 4 heteroatoms. The summed E-state index contributed by atoms with van der Waals surface area (Å²) in [5.41, 5.74) is 0.760. The number of carbonyl (C=O) groups excluding carboxylic acids is 1. The smallest absolute Gasteiger partial charge is 0.319 e. The fourth-order valence-corrected chi connectivity index (χ4v) is 2.03. The molecule has 0 N–H and O–H groups in total. The van der Waals surface area contributed by atoms with Gasteiger partial charge in [0.1, 0.15) is 0 Å². The zero-order valence-electron chi connectivity index (χ0n) is 9.01. The molecule has 0 spiro atoms. The number of Topliss-reactive ketones (excluding diaryl/α,β-unsaturated/α-hetero) is 1. The minimum absolute atomic E-state index is 0. The van der Waals surface area contributed by atoms with Crippen molar-refractivity contribution in [1.82, 2.24) is 0 Å². The van der Waals surface area contributed by atoms with Crippen LogP contribution in [0.5, 0.6) is 0 Å². The van der Waals surface area contributed by atoms with Crippen molar-refractivity contribution in [3.63, 3.8) is 0 Å². The first-order valence-electron chi connectivity index (χ1n) is 4.93. The molecule has 0 atom stereocenters. The van der Waals surface area contributed by atoms with Crippen LogP contribution in [0.4, 0.5) is 0 Å². The van der Waals surface area contributed by atoms with Crippen LogP contribution in [0, 0.1) is 0 Å². The third-order valence-corrected chi connectivity index (χ3v) is 3.10. The van der Waals surface area contributed by atoms with Gasteiger partial charge in [-0.2, -0.15) is 0 Å². The van der Waals surface area contributed by atoms with Crippen molar-refractivity contribution in [2.75, 3.05) is 5.75 Å². The van der Waals surface area contributed by atoms with E-state index in [0.717, 1.165) is 10.5 Å². The van der Waals surface area contributed by atoms with Crippen LogP contribution in [0.15, 0.2) is 64.3 Å². The molecule has 2 nitrogen and oxygen atoms in total. The molecule has 0 fully saturated rings. The van der Waals surface area contributed by atoms with Gasteiger partial charge in [-0.25, -0.2) is 4.42 Å². The van der Waals surface area contributed by atoms with Crippen LogP contribution in [0.1, 0.15) is 10.4 Å². The summed E-state index contributed by atoms with van der Waals surface area (Å²) >= 11 is 1.51. The zero-order valence-corrected chi connectivity index (χ0v) is 11.4. The number of rotatable bonds is 4. The number of halogens is 1. The predicted molar refractivity (Wildman–Crippen MR) is 64.6 cm³/mol. The van der Waals surface area contributed by atoms with Crippen LogP contribution in [-0.2, 0) is 0 Å². The van der Waals surface area contributed by atoms with Gasteiger partial charge in [-0.15, -0.1) is 11.8 Å². The Morgan fingerprint density at radius 3 is 2.35 bits per heavy atom. The highest BCUT2D eigenvalue weighted by molar-refractivity contribution is 8.00. The third-order valence-electron chi connectivity index (χ3n) is 2.09. The Hall–Kier alpha value is -1.13. The average molecular weight is 311 g/mol. The first-order valence-corrected chi connectivity index (χ1v) is 5.91. The van der Waals surface area contributed by atoms with E-state index in [1.807, 2.05) is 42.5 Å². The Bertz CT molecular complexity index is 459. The van der Waals surface area contributed by atoms with E-state index in [1.54, 1.807) is 12.5 Å². The van der Waals surface area contributed by atoms with E-state index in [2.05, 4.69) is 0 Å². The lowest BCUT2D eigenvalue weighted by molar-refractivity contribution is -0.0000113. The van der Waals surface area contributed by atoms with Crippen molar-refractivity contribution in [3.05, 3.63) is 60.6 Å². The summed E-state index contributed by atoms with van der Waals surface area (Å²) in [5, 5.41) is 0. The number of thioether (sulfide) groups is 1. The lowest BCUT2D eigenvalue weighted by atomic mass is 10.2. The monoisotopic (exact) mass is 310 g/mol. The standard InChI is InChI=1S/C13H11O2S.BrH/c14-13(11-4-2-1-3-5-11)10-16-12-6-8-15-9-7-12;/h1-9H,10H2;1H/q+1;/p-1. The van der Waals surface area contributed by atoms with Gasteiger partial charge in [0.25, 0.3) is 0 Å². The molecule has 17 heavy (non-hydrogen) atoms. The highest BCUT2D eigenvalue weighted by atomic mass is 79.9. The van der Waals surface area contributed by atoms with Crippen LogP contribution in [0.3, 0.4) is 0 Å². The third kappa shape index (κ3) is 4.32. The lowest BCUT2D eigenvalue weighted by Crippen LogP contribution is -3.00. The minimum atomic E-state index is 0. The maximum Gasteiger partial charge on any atom is 0.319 e. The molecule has 1 aromatic heterocycles. The zero-order chi connectivity index (χ0) is 11.2. The van der Waals surface area contributed by atoms with E-state index < -0.39 is 0 Å². The molecule has 0 bridgehead atoms. The number of carbonyl (C=O) groups is 1. The van der Waals surface area contributed by atoms with Crippen molar-refractivity contribution in [3.8, 4) is 0 Å². The van der Waals surface area contributed by atoms with Crippen LogP contribution in [0.25, 0.3) is 0 Å². The van der Waals surface area contributed by atoms with E-state index >= 15 is 0 Å². The van der Waals surface area contributed by atoms with Gasteiger partial charge in [0, 0.05) is 22.6 Å². The quantitative estimate of drug-likeness (QED) is 0.469. The number of hydrogen-bond acceptors (Lipinski definition) is 2. The summed E-state index contributed by atoms with van der Waals surface area (Å²) in [6.45, 7) is 0. The van der Waals surface area contributed by atoms with Crippen molar-refractivity contribution in [2.24, 2.45) is 0 Å². The summed E-state index contributed by atoms with van der Waals surface area (Å²) < 4.78 is 4.91. The summed E-state index contributed by atoms with van der Waals surface area (Å²) in [7, 11) is 0. The van der Waals surface area contributed by atoms with E-state index in [4.69, 9.17) is 4.42 Å². The fourth-order valence-electron chi connectivity index (χ4n) is 1.27. The first kappa shape index (κ1) is 13.9. The molecule has 2 rings (SSSR count). The molecule has 0 aliphatic carbocycles. The molecule has 1 heterocycles. The van der Waals surface area contributed by atoms with Gasteiger partial charge in [-0.3, -0.25) is 4.79 Å². The Balaban J connectivity index is 0.00000144. The van der Waals surface area contributed by atoms with Gasteiger partial charge in [-0.1, -0.05) is 30.3 Å². The lowest BCUT2D eigenvalue weighted by Gasteiger charge is -1.99. The summed E-state index contributed by atoms with van der Waals surface area (Å²) in [6, 6.07) is 13.0. The van der Waals surface area contributed by atoms with E-state index in [1.165, 1.54) is 11.8 Å². The second-order valence-electron chi connectivity index (χ2n) is 3.22. The molecule has 1 aromatic carbocycles. The maximum absolute atomic E-state index is 11.8. The number of ketones is 1. The van der Waals surface area contributed by atoms with Gasteiger partial charge in [0.15, 0.2) is 5.78 Å². The van der Waals surface area contributed by atoms with Gasteiger partial charge < -0.3 is 17.0 Å². The van der Waals surface area contributed by atoms with Crippen LogP contribution in [-0.4, -0.2) is 11.5 Å². The molecule has 0 radical (unpaired) electrons. The molecular weight excluding hydrogens is 300 g/mol. The Labute approximate surface area is 115 Å². The largest absolute Gasteiger partial charge is 1.00 e. The van der Waals surface area contributed by atoms with Gasteiger partial charge in [0.05, 0.1) is 5.75 Å². The Kier molecular flexibility index (Phi) is 5.94. The highest BCUT2D eigenvalue weighted by Gasteiger charge is 2.06. The van der Waals surface area contributed by atoms with Crippen molar-refractivity contribution in [2.45, 2.75) is 4.90 Å². The second kappa shape index (κ2) is 7.25. The van der Waals surface area contributed by atoms with Crippen LogP contribution < -0.4 is 17.0 Å². The summed E-state index contributed by atoms with van der Waals surface area (Å²) in [5.74, 6) is 0.597. The average Bonchev–Trinajstić information content (AvgIpc) is 2.38. The van der Waals surface area contributed by atoms with Crippen molar-refractivity contribution >= 4 is 17.5 Å². The molecular formula is C13H11BrO2S. The van der Waals surface area contributed by atoms with Gasteiger partial charge >= 0.3 is 12.5 Å².